The number of carbonyl (C=O) groups excluding carboxylic acids is 2. The van der Waals surface area contributed by atoms with Crippen LogP contribution in [0.5, 0.6) is 0 Å². The number of hydrogen-bond donors (Lipinski definition) is 0. The van der Waals surface area contributed by atoms with E-state index < -0.39 is 12.1 Å². The lowest BCUT2D eigenvalue weighted by Crippen LogP contribution is -2.16. The van der Waals surface area contributed by atoms with Gasteiger partial charge in [0.25, 0.3) is 0 Å². The Labute approximate surface area is 71.7 Å². The number of carbonyl (C=O) groups is 2. The van der Waals surface area contributed by atoms with Crippen molar-refractivity contribution in [2.45, 2.75) is 19.4 Å². The fourth-order valence-electron chi connectivity index (χ4n) is 0.655. The molecular weight excluding hydrogens is 156 g/mol. The zero-order valence-corrected chi connectivity index (χ0v) is 7.08. The Bertz CT molecular complexity index is 184. The van der Waals surface area contributed by atoms with Gasteiger partial charge in [-0.25, -0.2) is 4.79 Å². The van der Waals surface area contributed by atoms with E-state index in [-0.39, 0.29) is 12.2 Å². The Balaban J connectivity index is 3.80. The fraction of sp³-hybridized carbons (Fsp3) is 0.333. The molecule has 0 heterocycles. The molecule has 0 rings (SSSR count). The summed E-state index contributed by atoms with van der Waals surface area (Å²) in [4.78, 5) is 21.4. The summed E-state index contributed by atoms with van der Waals surface area (Å²) in [5.41, 5.74) is 0. The summed E-state index contributed by atoms with van der Waals surface area (Å²) in [6.07, 6.45) is 2.02. The van der Waals surface area contributed by atoms with Crippen LogP contribution in [0.4, 0.5) is 0 Å². The summed E-state index contributed by atoms with van der Waals surface area (Å²) in [7, 11) is 0. The van der Waals surface area contributed by atoms with Crippen molar-refractivity contribution in [3.05, 3.63) is 25.3 Å². The van der Waals surface area contributed by atoms with E-state index in [9.17, 15) is 9.59 Å². The largest absolute Gasteiger partial charge is 0.459 e. The van der Waals surface area contributed by atoms with Gasteiger partial charge in [0, 0.05) is 12.5 Å². The third kappa shape index (κ3) is 4.44. The topological polar surface area (TPSA) is 43.4 Å². The predicted octanol–water partition coefficient (Wildman–Crippen LogP) is 1.25. The molecule has 0 aliphatic heterocycles. The summed E-state index contributed by atoms with van der Waals surface area (Å²) >= 11 is 0. The van der Waals surface area contributed by atoms with Gasteiger partial charge in [0.05, 0.1) is 0 Å². The number of ketones is 1. The number of allylic oxidation sites excluding steroid dienone is 1. The second kappa shape index (κ2) is 5.29. The highest BCUT2D eigenvalue weighted by molar-refractivity contribution is 5.89. The molecule has 1 atom stereocenters. The maximum absolute atomic E-state index is 10.8. The minimum absolute atomic E-state index is 0.139. The van der Waals surface area contributed by atoms with Gasteiger partial charge in [0.1, 0.15) is 6.10 Å². The van der Waals surface area contributed by atoms with E-state index in [0.717, 1.165) is 6.08 Å². The van der Waals surface area contributed by atoms with E-state index in [2.05, 4.69) is 13.2 Å². The molecule has 3 nitrogen and oxygen atoms in total. The number of esters is 1. The molecule has 0 aliphatic rings. The van der Waals surface area contributed by atoms with Crippen molar-refractivity contribution in [2.75, 3.05) is 0 Å². The van der Waals surface area contributed by atoms with Crippen LogP contribution in [0.2, 0.25) is 0 Å². The van der Waals surface area contributed by atoms with Gasteiger partial charge in [-0.05, 0) is 13.0 Å². The quantitative estimate of drug-likeness (QED) is 0.458. The Hall–Kier alpha value is -1.38. The van der Waals surface area contributed by atoms with Gasteiger partial charge in [-0.1, -0.05) is 13.2 Å². The lowest BCUT2D eigenvalue weighted by molar-refractivity contribution is -0.143. The lowest BCUT2D eigenvalue weighted by atomic mass is 10.2. The van der Waals surface area contributed by atoms with E-state index in [1.165, 1.54) is 6.08 Å². The first-order chi connectivity index (χ1) is 5.60. The first kappa shape index (κ1) is 10.6. The summed E-state index contributed by atoms with van der Waals surface area (Å²) in [6.45, 7) is 8.18. The summed E-state index contributed by atoms with van der Waals surface area (Å²) in [5, 5.41) is 0. The van der Waals surface area contributed by atoms with Gasteiger partial charge in [0.2, 0.25) is 0 Å². The highest BCUT2D eigenvalue weighted by atomic mass is 16.5. The van der Waals surface area contributed by atoms with Gasteiger partial charge < -0.3 is 4.74 Å². The molecule has 0 spiro atoms. The molecule has 0 saturated carbocycles. The van der Waals surface area contributed by atoms with Crippen LogP contribution >= 0.6 is 0 Å². The van der Waals surface area contributed by atoms with Crippen LogP contribution in [0, 0.1) is 0 Å². The van der Waals surface area contributed by atoms with Crippen LogP contribution < -0.4 is 0 Å². The van der Waals surface area contributed by atoms with Crippen LogP contribution in [-0.4, -0.2) is 17.9 Å². The van der Waals surface area contributed by atoms with Gasteiger partial charge >= 0.3 is 5.97 Å². The first-order valence-corrected chi connectivity index (χ1v) is 3.58. The molecule has 0 amide bonds. The Morgan fingerprint density at radius 3 is 2.42 bits per heavy atom. The van der Waals surface area contributed by atoms with Crippen molar-refractivity contribution >= 4 is 11.8 Å². The third-order valence-electron chi connectivity index (χ3n) is 1.20. The smallest absolute Gasteiger partial charge is 0.330 e. The first-order valence-electron chi connectivity index (χ1n) is 3.58. The van der Waals surface area contributed by atoms with E-state index in [0.29, 0.717) is 0 Å². The van der Waals surface area contributed by atoms with E-state index >= 15 is 0 Å². The lowest BCUT2D eigenvalue weighted by Gasteiger charge is -2.08. The molecule has 0 bridgehead atoms. The van der Waals surface area contributed by atoms with Crippen molar-refractivity contribution in [3.8, 4) is 0 Å². The van der Waals surface area contributed by atoms with E-state index in [1.807, 2.05) is 0 Å². The van der Waals surface area contributed by atoms with Gasteiger partial charge in [-0.3, -0.25) is 4.79 Å². The van der Waals surface area contributed by atoms with Crippen LogP contribution in [0.15, 0.2) is 25.3 Å². The van der Waals surface area contributed by atoms with Crippen LogP contribution in [0.3, 0.4) is 0 Å². The van der Waals surface area contributed by atoms with E-state index in [4.69, 9.17) is 4.74 Å². The number of hydrogen-bond acceptors (Lipinski definition) is 3. The molecule has 1 unspecified atom stereocenters. The molecule has 0 aromatic rings. The van der Waals surface area contributed by atoms with Crippen molar-refractivity contribution in [1.82, 2.24) is 0 Å². The van der Waals surface area contributed by atoms with Crippen LogP contribution in [-0.2, 0) is 14.3 Å². The zero-order chi connectivity index (χ0) is 9.56. The minimum atomic E-state index is -0.514. The maximum Gasteiger partial charge on any atom is 0.330 e. The molecule has 0 N–H and O–H groups in total. The Morgan fingerprint density at radius 1 is 1.42 bits per heavy atom. The van der Waals surface area contributed by atoms with Crippen molar-refractivity contribution in [3.63, 3.8) is 0 Å². The molecule has 0 aromatic carbocycles. The average Bonchev–Trinajstić information content (AvgIpc) is 2.03. The molecule has 66 valence electrons. The van der Waals surface area contributed by atoms with Crippen molar-refractivity contribution in [1.29, 1.82) is 0 Å². The average molecular weight is 168 g/mol. The van der Waals surface area contributed by atoms with Gasteiger partial charge in [0.15, 0.2) is 5.78 Å². The SMILES string of the molecule is C=CC(=O)CC(C)OC(=O)C=C. The maximum atomic E-state index is 10.8. The molecule has 0 aliphatic carbocycles. The molecule has 0 radical (unpaired) electrons. The van der Waals surface area contributed by atoms with Crippen LogP contribution in [0.1, 0.15) is 13.3 Å². The molecule has 0 aromatic heterocycles. The Kier molecular flexibility index (Phi) is 4.69. The van der Waals surface area contributed by atoms with Gasteiger partial charge in [-0.2, -0.15) is 0 Å². The monoisotopic (exact) mass is 168 g/mol. The molecular formula is C9H12O3. The van der Waals surface area contributed by atoms with Gasteiger partial charge in [-0.15, -0.1) is 0 Å². The predicted molar refractivity (Wildman–Crippen MR) is 45.6 cm³/mol. The third-order valence-corrected chi connectivity index (χ3v) is 1.20. The molecule has 12 heavy (non-hydrogen) atoms. The Morgan fingerprint density at radius 2 is 2.00 bits per heavy atom. The standard InChI is InChI=1S/C9H12O3/c1-4-8(10)6-7(3)12-9(11)5-2/h4-5,7H,1-2,6H2,3H3. The highest BCUT2D eigenvalue weighted by Crippen LogP contribution is 1.99. The second-order valence-corrected chi connectivity index (χ2v) is 2.33. The minimum Gasteiger partial charge on any atom is -0.459 e. The zero-order valence-electron chi connectivity index (χ0n) is 7.08. The van der Waals surface area contributed by atoms with E-state index in [1.54, 1.807) is 6.92 Å². The number of ether oxygens (including phenoxy) is 1. The van der Waals surface area contributed by atoms with Crippen molar-refractivity contribution < 1.29 is 14.3 Å². The fourth-order valence-corrected chi connectivity index (χ4v) is 0.655. The molecule has 3 heteroatoms. The number of rotatable bonds is 5. The van der Waals surface area contributed by atoms with Crippen molar-refractivity contribution in [2.24, 2.45) is 0 Å². The summed E-state index contributed by atoms with van der Waals surface area (Å²) in [6, 6.07) is 0. The highest BCUT2D eigenvalue weighted by Gasteiger charge is 2.09. The van der Waals surface area contributed by atoms with Crippen LogP contribution in [0.25, 0.3) is 0 Å². The second-order valence-electron chi connectivity index (χ2n) is 2.33. The summed E-state index contributed by atoms with van der Waals surface area (Å²) in [5.74, 6) is -0.654. The summed E-state index contributed by atoms with van der Waals surface area (Å²) < 4.78 is 4.75. The normalized spacial score (nSPS) is 11.4. The molecule has 0 saturated heterocycles. The molecule has 0 fully saturated rings.